The van der Waals surface area contributed by atoms with Crippen LogP contribution in [0.5, 0.6) is 0 Å². The molecule has 10 nitrogen and oxygen atoms in total. The second-order valence-corrected chi connectivity index (χ2v) is 17.0. The molecule has 4 aromatic rings. The number of hydrogen-bond acceptors (Lipinski definition) is 6. The lowest BCUT2D eigenvalue weighted by molar-refractivity contribution is -0.140. The number of aromatic nitrogens is 2. The summed E-state index contributed by atoms with van der Waals surface area (Å²) in [5.41, 5.74) is 6.23. The van der Waals surface area contributed by atoms with Crippen molar-refractivity contribution in [3.63, 3.8) is 0 Å². The van der Waals surface area contributed by atoms with Crippen LogP contribution in [0.3, 0.4) is 0 Å². The number of carbonyl (C=O) groups excluding carboxylic acids is 2. The van der Waals surface area contributed by atoms with Crippen LogP contribution in [0.25, 0.3) is 0 Å². The first-order valence-corrected chi connectivity index (χ1v) is 20.1. The van der Waals surface area contributed by atoms with Crippen LogP contribution in [0.4, 0.5) is 28.9 Å². The number of anilines is 2. The summed E-state index contributed by atoms with van der Waals surface area (Å²) in [4.78, 5) is 61.2. The van der Waals surface area contributed by atoms with Gasteiger partial charge < -0.3 is 28.7 Å². The molecular weight excluding hydrogens is 753 g/mol. The van der Waals surface area contributed by atoms with Crippen LogP contribution in [0.15, 0.2) is 64.2 Å². The van der Waals surface area contributed by atoms with Crippen LogP contribution < -0.4 is 20.9 Å². The monoisotopic (exact) mass is 798 g/mol. The van der Waals surface area contributed by atoms with Crippen LogP contribution >= 0.6 is 0 Å². The van der Waals surface area contributed by atoms with Crippen molar-refractivity contribution in [2.75, 3.05) is 36.0 Å². The van der Waals surface area contributed by atoms with E-state index in [1.165, 1.54) is 30.2 Å². The number of amides is 2. The van der Waals surface area contributed by atoms with Gasteiger partial charge in [0.25, 0.3) is 11.1 Å². The fourth-order valence-electron chi connectivity index (χ4n) is 9.30. The zero-order valence-corrected chi connectivity index (χ0v) is 32.7. The van der Waals surface area contributed by atoms with Gasteiger partial charge in [0.15, 0.2) is 0 Å². The molecule has 2 aromatic heterocycles. The molecule has 2 amide bonds. The van der Waals surface area contributed by atoms with E-state index < -0.39 is 17.6 Å². The van der Waals surface area contributed by atoms with Gasteiger partial charge in [0.05, 0.1) is 18.7 Å². The third-order valence-corrected chi connectivity index (χ3v) is 13.0. The standard InChI is InChI=1S/C44H46F4N6O4/c1-26-13-43(58)54(39-25-52(22-34(26)39)41(56)14-27-18-50(19-27)32-7-5-30(6-8-32)29-3-4-29)12-11-31-16-40(55)49(2)38-24-53(23-35(31)38)42(57)15-28-20-51(21-28)33-9-10-37(45)36(17-33)44(46,47)48/h5-10,13,16-17,27-29H,3-4,11-12,14-15,18-25H2,1-2H3. The van der Waals surface area contributed by atoms with Gasteiger partial charge in [0.1, 0.15) is 5.82 Å². The largest absolute Gasteiger partial charge is 0.419 e. The molecule has 304 valence electrons. The average Bonchev–Trinajstić information content (AvgIpc) is 3.73. The van der Waals surface area contributed by atoms with Crippen molar-refractivity contribution in [3.05, 3.63) is 126 Å². The van der Waals surface area contributed by atoms with Crippen molar-refractivity contribution in [2.45, 2.75) is 83.8 Å². The summed E-state index contributed by atoms with van der Waals surface area (Å²) in [6.07, 6.45) is -1.21. The van der Waals surface area contributed by atoms with Crippen molar-refractivity contribution < 1.29 is 27.2 Å². The Balaban J connectivity index is 0.816. The van der Waals surface area contributed by atoms with E-state index >= 15 is 0 Å². The molecule has 5 aliphatic rings. The second kappa shape index (κ2) is 14.5. The fourth-order valence-corrected chi connectivity index (χ4v) is 9.30. The van der Waals surface area contributed by atoms with Gasteiger partial charge in [-0.05, 0) is 90.3 Å². The first-order valence-electron chi connectivity index (χ1n) is 20.1. The summed E-state index contributed by atoms with van der Waals surface area (Å²) in [6, 6.07) is 15.0. The maximum atomic E-state index is 13.8. The minimum atomic E-state index is -4.80. The molecule has 0 N–H and O–H groups in total. The minimum Gasteiger partial charge on any atom is -0.371 e. The molecule has 0 spiro atoms. The summed E-state index contributed by atoms with van der Waals surface area (Å²) in [7, 11) is 1.68. The Morgan fingerprint density at radius 3 is 1.93 bits per heavy atom. The van der Waals surface area contributed by atoms with Gasteiger partial charge in [-0.3, -0.25) is 19.2 Å². The number of nitrogens with zero attached hydrogens (tertiary/aromatic N) is 6. The van der Waals surface area contributed by atoms with Gasteiger partial charge in [-0.15, -0.1) is 0 Å². The Hall–Kier alpha value is -5.40. The van der Waals surface area contributed by atoms with Crippen molar-refractivity contribution >= 4 is 23.2 Å². The first-order chi connectivity index (χ1) is 27.7. The zero-order chi connectivity index (χ0) is 40.6. The molecule has 2 aromatic carbocycles. The summed E-state index contributed by atoms with van der Waals surface area (Å²) >= 11 is 0. The topological polar surface area (TPSA) is 91.1 Å². The number of rotatable bonds is 10. The van der Waals surface area contributed by atoms with Crippen molar-refractivity contribution in [2.24, 2.45) is 18.9 Å². The van der Waals surface area contributed by atoms with E-state index in [4.69, 9.17) is 0 Å². The molecule has 9 rings (SSSR count). The molecule has 58 heavy (non-hydrogen) atoms. The Morgan fingerprint density at radius 2 is 1.31 bits per heavy atom. The second-order valence-electron chi connectivity index (χ2n) is 17.0. The van der Waals surface area contributed by atoms with E-state index in [0.717, 1.165) is 64.8 Å². The Morgan fingerprint density at radius 1 is 0.724 bits per heavy atom. The van der Waals surface area contributed by atoms with Gasteiger partial charge in [-0.2, -0.15) is 13.2 Å². The molecule has 0 atom stereocenters. The van der Waals surface area contributed by atoms with E-state index in [0.29, 0.717) is 52.1 Å². The zero-order valence-electron chi connectivity index (χ0n) is 32.7. The quantitative estimate of drug-likeness (QED) is 0.187. The van der Waals surface area contributed by atoms with Crippen LogP contribution in [-0.2, 0) is 62.0 Å². The Kier molecular flexibility index (Phi) is 9.50. The highest BCUT2D eigenvalue weighted by molar-refractivity contribution is 5.78. The minimum absolute atomic E-state index is 0.0816. The van der Waals surface area contributed by atoms with Gasteiger partial charge in [0.2, 0.25) is 11.8 Å². The van der Waals surface area contributed by atoms with Crippen LogP contribution in [0, 0.1) is 24.6 Å². The van der Waals surface area contributed by atoms with E-state index in [9.17, 15) is 36.7 Å². The smallest absolute Gasteiger partial charge is 0.371 e. The molecule has 1 aliphatic carbocycles. The highest BCUT2D eigenvalue weighted by Crippen LogP contribution is 2.41. The third kappa shape index (κ3) is 7.19. The van der Waals surface area contributed by atoms with E-state index in [2.05, 4.69) is 29.2 Å². The van der Waals surface area contributed by atoms with E-state index in [-0.39, 0.29) is 53.4 Å². The Bertz CT molecular complexity index is 2430. The van der Waals surface area contributed by atoms with Crippen molar-refractivity contribution in [1.82, 2.24) is 18.9 Å². The lowest BCUT2D eigenvalue weighted by Gasteiger charge is -2.41. The lowest BCUT2D eigenvalue weighted by atomic mass is 9.94. The number of hydrogen-bond donors (Lipinski definition) is 0. The molecule has 3 fully saturated rings. The summed E-state index contributed by atoms with van der Waals surface area (Å²) in [5, 5.41) is 0. The molecule has 0 radical (unpaired) electrons. The molecule has 14 heteroatoms. The predicted octanol–water partition coefficient (Wildman–Crippen LogP) is 5.87. The van der Waals surface area contributed by atoms with Crippen LogP contribution in [0.2, 0.25) is 0 Å². The SMILES string of the molecule is Cc1cc(=O)n(CCc2cc(=O)n(C)c3c2CN(C(=O)CC2CN(c4ccc(F)c(C(F)(F)F)c4)C2)C3)c2c1CN(C(=O)CC1CN(c3ccc(C4CC4)cc3)C1)C2. The molecule has 0 bridgehead atoms. The van der Waals surface area contributed by atoms with Crippen LogP contribution in [-0.4, -0.2) is 56.9 Å². The van der Waals surface area contributed by atoms with Gasteiger partial charge in [-0.1, -0.05) is 12.1 Å². The van der Waals surface area contributed by atoms with E-state index in [1.807, 2.05) is 11.8 Å². The normalized spacial score (nSPS) is 18.0. The number of fused-ring (bicyclic) bond motifs is 2. The third-order valence-electron chi connectivity index (χ3n) is 13.0. The number of halogens is 4. The first kappa shape index (κ1) is 38.1. The highest BCUT2D eigenvalue weighted by Gasteiger charge is 2.38. The lowest BCUT2D eigenvalue weighted by Crippen LogP contribution is -2.48. The highest BCUT2D eigenvalue weighted by atomic mass is 19.4. The van der Waals surface area contributed by atoms with Gasteiger partial charge >= 0.3 is 6.18 Å². The van der Waals surface area contributed by atoms with Gasteiger partial charge in [0, 0.05) is 112 Å². The van der Waals surface area contributed by atoms with Crippen LogP contribution in [0.1, 0.15) is 76.4 Å². The molecule has 6 heterocycles. The van der Waals surface area contributed by atoms with Crippen molar-refractivity contribution in [1.29, 1.82) is 0 Å². The number of alkyl halides is 3. The molecular formula is C44H46F4N6O4. The van der Waals surface area contributed by atoms with Crippen molar-refractivity contribution in [3.8, 4) is 0 Å². The maximum absolute atomic E-state index is 13.8. The van der Waals surface area contributed by atoms with E-state index in [1.54, 1.807) is 38.1 Å². The Labute approximate surface area is 333 Å². The molecule has 1 saturated carbocycles. The maximum Gasteiger partial charge on any atom is 0.419 e. The number of pyridine rings is 2. The number of carbonyl (C=O) groups is 2. The number of benzene rings is 2. The average molecular weight is 799 g/mol. The summed E-state index contributed by atoms with van der Waals surface area (Å²) in [6.45, 7) is 5.99. The fraction of sp³-hybridized carbons (Fsp3) is 0.455. The summed E-state index contributed by atoms with van der Waals surface area (Å²) < 4.78 is 56.8. The predicted molar refractivity (Wildman–Crippen MR) is 210 cm³/mol. The summed E-state index contributed by atoms with van der Waals surface area (Å²) in [5.74, 6) is -0.450. The van der Waals surface area contributed by atoms with Gasteiger partial charge in [-0.25, -0.2) is 4.39 Å². The molecule has 0 unspecified atom stereocenters. The number of aryl methyl sites for hydroxylation is 2. The molecule has 2 saturated heterocycles. The molecule has 4 aliphatic heterocycles.